The highest BCUT2D eigenvalue weighted by atomic mass is 32.1. The zero-order chi connectivity index (χ0) is 10.8. The van der Waals surface area contributed by atoms with Crippen LogP contribution in [0.1, 0.15) is 39.1 Å². The summed E-state index contributed by atoms with van der Waals surface area (Å²) in [5.41, 5.74) is 0.798. The molecule has 1 aromatic heterocycles. The number of piperidine rings is 1. The number of nitrogens with one attached hydrogen (secondary N) is 1. The smallest absolute Gasteiger partial charge is 0.347 e. The van der Waals surface area contributed by atoms with Crippen LogP contribution in [0.4, 0.5) is 0 Å². The molecule has 0 radical (unpaired) electrons. The van der Waals surface area contributed by atoms with E-state index in [1.807, 2.05) is 6.92 Å². The van der Waals surface area contributed by atoms with Gasteiger partial charge in [0.05, 0.1) is 10.7 Å². The molecule has 1 fully saturated rings. The summed E-state index contributed by atoms with van der Waals surface area (Å²) in [6.45, 7) is 3.78. The molecule has 0 bridgehead atoms. The Bertz CT molecular complexity index is 369. The SMILES string of the molecule is Cc1nc(C2CCNCC2)c(C(=O)O)s1. The van der Waals surface area contributed by atoms with Crippen molar-refractivity contribution in [2.75, 3.05) is 13.1 Å². The molecule has 1 saturated heterocycles. The molecule has 5 heteroatoms. The largest absolute Gasteiger partial charge is 0.477 e. The first kappa shape index (κ1) is 10.6. The number of carbonyl (C=O) groups is 1. The second-order valence-corrected chi connectivity index (χ2v) is 4.98. The molecular formula is C10H14N2O2S. The number of carboxylic acid groups (broad SMARTS) is 1. The lowest BCUT2D eigenvalue weighted by molar-refractivity contribution is 0.0700. The zero-order valence-corrected chi connectivity index (χ0v) is 9.43. The van der Waals surface area contributed by atoms with Crippen LogP contribution in [0.15, 0.2) is 0 Å². The first-order valence-corrected chi connectivity index (χ1v) is 5.91. The minimum atomic E-state index is -0.839. The fourth-order valence-electron chi connectivity index (χ4n) is 1.97. The number of aryl methyl sites for hydroxylation is 1. The van der Waals surface area contributed by atoms with E-state index in [4.69, 9.17) is 5.11 Å². The molecule has 15 heavy (non-hydrogen) atoms. The number of aromatic carboxylic acids is 1. The molecule has 1 aromatic rings. The third-order valence-corrected chi connectivity index (χ3v) is 3.65. The van der Waals surface area contributed by atoms with Crippen molar-refractivity contribution in [1.82, 2.24) is 10.3 Å². The van der Waals surface area contributed by atoms with E-state index in [1.54, 1.807) is 0 Å². The number of aromatic nitrogens is 1. The molecule has 0 aliphatic carbocycles. The van der Waals surface area contributed by atoms with Gasteiger partial charge in [-0.3, -0.25) is 0 Å². The minimum absolute atomic E-state index is 0.322. The molecule has 0 spiro atoms. The van der Waals surface area contributed by atoms with Gasteiger partial charge < -0.3 is 10.4 Å². The normalized spacial score (nSPS) is 17.9. The zero-order valence-electron chi connectivity index (χ0n) is 8.62. The van der Waals surface area contributed by atoms with Crippen LogP contribution in [0, 0.1) is 6.92 Å². The van der Waals surface area contributed by atoms with E-state index >= 15 is 0 Å². The Kier molecular flexibility index (Phi) is 3.02. The summed E-state index contributed by atoms with van der Waals surface area (Å²) < 4.78 is 0. The third-order valence-electron chi connectivity index (χ3n) is 2.68. The van der Waals surface area contributed by atoms with Crippen molar-refractivity contribution in [3.8, 4) is 0 Å². The van der Waals surface area contributed by atoms with Gasteiger partial charge in [-0.25, -0.2) is 9.78 Å². The number of nitrogens with zero attached hydrogens (tertiary/aromatic N) is 1. The van der Waals surface area contributed by atoms with Crippen molar-refractivity contribution in [1.29, 1.82) is 0 Å². The van der Waals surface area contributed by atoms with E-state index in [9.17, 15) is 4.79 Å². The fourth-order valence-corrected chi connectivity index (χ4v) is 2.81. The molecule has 0 saturated carbocycles. The molecule has 0 amide bonds. The van der Waals surface area contributed by atoms with E-state index in [0.717, 1.165) is 36.6 Å². The van der Waals surface area contributed by atoms with Crippen molar-refractivity contribution < 1.29 is 9.90 Å². The van der Waals surface area contributed by atoms with Gasteiger partial charge in [-0.2, -0.15) is 0 Å². The van der Waals surface area contributed by atoms with Gasteiger partial charge in [0.1, 0.15) is 4.88 Å². The minimum Gasteiger partial charge on any atom is -0.477 e. The van der Waals surface area contributed by atoms with E-state index in [0.29, 0.717) is 10.8 Å². The summed E-state index contributed by atoms with van der Waals surface area (Å²) >= 11 is 1.29. The van der Waals surface area contributed by atoms with Crippen molar-refractivity contribution in [3.05, 3.63) is 15.6 Å². The fraction of sp³-hybridized carbons (Fsp3) is 0.600. The van der Waals surface area contributed by atoms with Crippen LogP contribution in [-0.4, -0.2) is 29.1 Å². The summed E-state index contributed by atoms with van der Waals surface area (Å²) in [5.74, 6) is -0.517. The van der Waals surface area contributed by atoms with E-state index in [-0.39, 0.29) is 0 Å². The summed E-state index contributed by atoms with van der Waals surface area (Å²) in [5, 5.41) is 13.2. The van der Waals surface area contributed by atoms with Crippen molar-refractivity contribution in [2.45, 2.75) is 25.7 Å². The second kappa shape index (κ2) is 4.28. The van der Waals surface area contributed by atoms with Crippen LogP contribution in [-0.2, 0) is 0 Å². The Morgan fingerprint density at radius 3 is 2.80 bits per heavy atom. The van der Waals surface area contributed by atoms with Gasteiger partial charge in [-0.1, -0.05) is 0 Å². The summed E-state index contributed by atoms with van der Waals surface area (Å²) in [6, 6.07) is 0. The third kappa shape index (κ3) is 2.18. The molecule has 4 nitrogen and oxygen atoms in total. The summed E-state index contributed by atoms with van der Waals surface area (Å²) in [4.78, 5) is 15.8. The lowest BCUT2D eigenvalue weighted by atomic mass is 9.94. The highest BCUT2D eigenvalue weighted by Gasteiger charge is 2.24. The predicted molar refractivity (Wildman–Crippen MR) is 58.7 cm³/mol. The first-order chi connectivity index (χ1) is 7.18. The Hall–Kier alpha value is -0.940. The highest BCUT2D eigenvalue weighted by molar-refractivity contribution is 7.13. The molecule has 0 unspecified atom stereocenters. The maximum Gasteiger partial charge on any atom is 0.347 e. The number of thiazole rings is 1. The van der Waals surface area contributed by atoms with Gasteiger partial charge in [0, 0.05) is 5.92 Å². The number of rotatable bonds is 2. The van der Waals surface area contributed by atoms with Crippen molar-refractivity contribution in [3.63, 3.8) is 0 Å². The molecule has 1 aliphatic heterocycles. The monoisotopic (exact) mass is 226 g/mol. The highest BCUT2D eigenvalue weighted by Crippen LogP contribution is 2.30. The molecule has 1 aliphatic rings. The first-order valence-electron chi connectivity index (χ1n) is 5.10. The van der Waals surface area contributed by atoms with E-state index in [1.165, 1.54) is 11.3 Å². The maximum absolute atomic E-state index is 11.0. The van der Waals surface area contributed by atoms with Gasteiger partial charge in [0.2, 0.25) is 0 Å². The summed E-state index contributed by atoms with van der Waals surface area (Å²) in [7, 11) is 0. The van der Waals surface area contributed by atoms with E-state index < -0.39 is 5.97 Å². The topological polar surface area (TPSA) is 62.2 Å². The number of carboxylic acids is 1. The average Bonchev–Trinajstić information content (AvgIpc) is 2.62. The molecule has 0 aromatic carbocycles. The standard InChI is InChI=1S/C10H14N2O2S/c1-6-12-8(9(15-6)10(13)14)7-2-4-11-5-3-7/h7,11H,2-5H2,1H3,(H,13,14). The van der Waals surface area contributed by atoms with Crippen LogP contribution in [0.5, 0.6) is 0 Å². The van der Waals surface area contributed by atoms with Crippen molar-refractivity contribution in [2.24, 2.45) is 0 Å². The van der Waals surface area contributed by atoms with Crippen LogP contribution in [0.25, 0.3) is 0 Å². The second-order valence-electron chi connectivity index (χ2n) is 3.78. The van der Waals surface area contributed by atoms with Crippen LogP contribution in [0.2, 0.25) is 0 Å². The molecule has 0 atom stereocenters. The van der Waals surface area contributed by atoms with Gasteiger partial charge in [0.25, 0.3) is 0 Å². The Morgan fingerprint density at radius 1 is 1.53 bits per heavy atom. The molecule has 2 N–H and O–H groups in total. The van der Waals surface area contributed by atoms with Gasteiger partial charge in [-0.15, -0.1) is 11.3 Å². The van der Waals surface area contributed by atoms with Gasteiger partial charge in [-0.05, 0) is 32.9 Å². The molecule has 2 rings (SSSR count). The predicted octanol–water partition coefficient (Wildman–Crippen LogP) is 1.62. The average molecular weight is 226 g/mol. The quantitative estimate of drug-likeness (QED) is 0.804. The van der Waals surface area contributed by atoms with Crippen LogP contribution < -0.4 is 5.32 Å². The Labute approximate surface area is 92.3 Å². The Morgan fingerprint density at radius 2 is 2.20 bits per heavy atom. The summed E-state index contributed by atoms with van der Waals surface area (Å²) in [6.07, 6.45) is 1.98. The Balaban J connectivity index is 2.28. The molecule has 2 heterocycles. The maximum atomic E-state index is 11.0. The lowest BCUT2D eigenvalue weighted by Gasteiger charge is -2.21. The van der Waals surface area contributed by atoms with E-state index in [2.05, 4.69) is 10.3 Å². The van der Waals surface area contributed by atoms with Gasteiger partial charge in [0.15, 0.2) is 0 Å². The number of hydrogen-bond acceptors (Lipinski definition) is 4. The van der Waals surface area contributed by atoms with Crippen LogP contribution >= 0.6 is 11.3 Å². The molecule has 82 valence electrons. The van der Waals surface area contributed by atoms with Gasteiger partial charge >= 0.3 is 5.97 Å². The number of hydrogen-bond donors (Lipinski definition) is 2. The molecular weight excluding hydrogens is 212 g/mol. The van der Waals surface area contributed by atoms with Crippen LogP contribution in [0.3, 0.4) is 0 Å². The van der Waals surface area contributed by atoms with Crippen molar-refractivity contribution >= 4 is 17.3 Å². The lowest BCUT2D eigenvalue weighted by Crippen LogP contribution is -2.27.